The van der Waals surface area contributed by atoms with Gasteiger partial charge in [0.05, 0.1) is 0 Å². The van der Waals surface area contributed by atoms with E-state index in [-0.39, 0.29) is 36.4 Å². The van der Waals surface area contributed by atoms with E-state index in [4.69, 9.17) is 4.43 Å². The van der Waals surface area contributed by atoms with Gasteiger partial charge in [0.25, 0.3) is 0 Å². The van der Waals surface area contributed by atoms with Crippen LogP contribution in [-0.2, 0) is 27.8 Å². The molecule has 0 N–H and O–H groups in total. The van der Waals surface area contributed by atoms with Crippen molar-refractivity contribution in [3.8, 4) is 0 Å². The fraction of sp³-hybridized carbons (Fsp3) is 0.346. The summed E-state index contributed by atoms with van der Waals surface area (Å²) >= 11 is 1.74. The van der Waals surface area contributed by atoms with Gasteiger partial charge in [0.15, 0.2) is 8.32 Å². The van der Waals surface area contributed by atoms with E-state index in [2.05, 4.69) is 106 Å². The molecule has 0 saturated carbocycles. The largest absolute Gasteiger partial charge is 1.00 e. The molecule has 170 valence electrons. The van der Waals surface area contributed by atoms with Crippen LogP contribution in [0.15, 0.2) is 66.2 Å². The monoisotopic (exact) mass is 577 g/mol. The van der Waals surface area contributed by atoms with Crippen molar-refractivity contribution in [1.82, 2.24) is 0 Å². The normalized spacial score (nSPS) is 15.5. The van der Waals surface area contributed by atoms with Crippen LogP contribution in [0.25, 0.3) is 16.8 Å². The van der Waals surface area contributed by atoms with Crippen LogP contribution >= 0.6 is 0 Å². The van der Waals surface area contributed by atoms with E-state index in [0.29, 0.717) is 5.92 Å². The second-order valence-corrected chi connectivity index (χ2v) is 23.2. The molecule has 1 aliphatic carbocycles. The molecule has 0 fully saturated rings. The molecule has 6 heteroatoms. The molecule has 0 bridgehead atoms. The molecular formula is C26H33Cl2OSi2Zr-. The van der Waals surface area contributed by atoms with Crippen molar-refractivity contribution in [3.05, 3.63) is 82.9 Å². The number of hydrogen-bond donors (Lipinski definition) is 0. The summed E-state index contributed by atoms with van der Waals surface area (Å²) in [5.74, 6) is 0.346. The van der Waals surface area contributed by atoms with Crippen LogP contribution in [-0.4, -0.2) is 19.9 Å². The average Bonchev–Trinajstić information content (AvgIpc) is 3.20. The third kappa shape index (κ3) is 7.86. The smallest absolute Gasteiger partial charge is 1.00 e. The van der Waals surface area contributed by atoms with Gasteiger partial charge in [-0.2, -0.15) is 6.07 Å². The van der Waals surface area contributed by atoms with Crippen LogP contribution in [0.5, 0.6) is 0 Å². The minimum absolute atomic E-state index is 0. The Labute approximate surface area is 222 Å². The maximum Gasteiger partial charge on any atom is -1.00 e. The summed E-state index contributed by atoms with van der Waals surface area (Å²) < 4.78 is 6.35. The summed E-state index contributed by atoms with van der Waals surface area (Å²) in [6.45, 7) is 13.6. The first-order chi connectivity index (χ1) is 14.2. The zero-order chi connectivity index (χ0) is 21.9. The third-order valence-electron chi connectivity index (χ3n) is 5.12. The standard InChI is InChI=1S/C24H27OSi.C2H6Si.2ClH.Zr/c1-17(25-26(2,3)4)15-20-16-19-10-6-8-12-22(19)24(20)23-14-13-18-9-5-7-11-21(18)23;1-3-2;;;/h5-14,16-17,24H,15H2,1-4H3;1-2H3;2*1H;/q-1;;;;+2/p-2. The molecule has 2 atom stereocenters. The van der Waals surface area contributed by atoms with Gasteiger partial charge < -0.3 is 29.2 Å². The van der Waals surface area contributed by atoms with Gasteiger partial charge in [0.2, 0.25) is 0 Å². The molecule has 0 radical (unpaired) electrons. The molecule has 4 rings (SSSR count). The molecule has 1 aliphatic rings. The molecule has 0 aromatic heterocycles. The van der Waals surface area contributed by atoms with E-state index in [0.717, 1.165) is 6.42 Å². The molecule has 0 heterocycles. The first-order valence-electron chi connectivity index (χ1n) is 10.8. The zero-order valence-electron chi connectivity index (χ0n) is 19.9. The van der Waals surface area contributed by atoms with E-state index < -0.39 is 8.32 Å². The van der Waals surface area contributed by atoms with Gasteiger partial charge in [0.1, 0.15) is 0 Å². The Balaban J connectivity index is 0.000000790. The second kappa shape index (κ2) is 12.9. The molecule has 32 heavy (non-hydrogen) atoms. The van der Waals surface area contributed by atoms with Crippen molar-refractivity contribution < 1.29 is 52.6 Å². The van der Waals surface area contributed by atoms with E-state index in [1.807, 2.05) is 0 Å². The SMILES string of the molecule is CC(CC1=Cc2ccccc2C1[c-]1ccc2ccccc21)O[Si](C)(C)C.C[Si](C)=[Zr+2].[Cl-].[Cl-]. The second-order valence-electron chi connectivity index (χ2n) is 9.40. The quantitative estimate of drug-likeness (QED) is 0.329. The number of benzene rings is 2. The van der Waals surface area contributed by atoms with Crippen molar-refractivity contribution in [2.24, 2.45) is 0 Å². The minimum atomic E-state index is -1.53. The van der Waals surface area contributed by atoms with Crippen molar-refractivity contribution in [2.75, 3.05) is 0 Å². The fourth-order valence-corrected chi connectivity index (χ4v) is 5.63. The van der Waals surface area contributed by atoms with Gasteiger partial charge in [-0.15, -0.1) is 40.6 Å². The molecule has 3 aromatic rings. The Bertz CT molecular complexity index is 1060. The molecule has 0 saturated heterocycles. The van der Waals surface area contributed by atoms with E-state index in [1.165, 1.54) is 33.0 Å². The van der Waals surface area contributed by atoms with Gasteiger partial charge in [-0.1, -0.05) is 42.0 Å². The van der Waals surface area contributed by atoms with E-state index in [9.17, 15) is 0 Å². The van der Waals surface area contributed by atoms with Gasteiger partial charge >= 0.3 is 41.9 Å². The van der Waals surface area contributed by atoms with Crippen molar-refractivity contribution in [3.63, 3.8) is 0 Å². The average molecular weight is 580 g/mol. The van der Waals surface area contributed by atoms with Crippen molar-refractivity contribution in [2.45, 2.75) is 58.1 Å². The molecule has 2 unspecified atom stereocenters. The van der Waals surface area contributed by atoms with Gasteiger partial charge in [-0.05, 0) is 50.0 Å². The summed E-state index contributed by atoms with van der Waals surface area (Å²) in [6, 6.07) is 22.1. The first-order valence-corrected chi connectivity index (χ1v) is 20.4. The number of halogens is 2. The maximum absolute atomic E-state index is 6.35. The minimum Gasteiger partial charge on any atom is -1.00 e. The predicted molar refractivity (Wildman–Crippen MR) is 132 cm³/mol. The fourth-order valence-electron chi connectivity index (χ4n) is 4.34. The Hall–Kier alpha value is -0.353. The summed E-state index contributed by atoms with van der Waals surface area (Å²) in [7, 11) is -1.53. The number of rotatable bonds is 5. The van der Waals surface area contributed by atoms with Crippen LogP contribution in [0.4, 0.5) is 0 Å². The predicted octanol–water partition coefficient (Wildman–Crippen LogP) is 1.51. The first kappa shape index (κ1) is 29.7. The van der Waals surface area contributed by atoms with E-state index >= 15 is 0 Å². The summed E-state index contributed by atoms with van der Waals surface area (Å²) in [6.07, 6.45) is 3.64. The van der Waals surface area contributed by atoms with Gasteiger partial charge in [-0.3, -0.25) is 0 Å². The summed E-state index contributed by atoms with van der Waals surface area (Å²) in [5.41, 5.74) is 5.91. The van der Waals surface area contributed by atoms with Gasteiger partial charge in [-0.25, -0.2) is 0 Å². The summed E-state index contributed by atoms with van der Waals surface area (Å²) in [5, 5.41) is 2.71. The molecule has 1 nitrogen and oxygen atoms in total. The van der Waals surface area contributed by atoms with Crippen molar-refractivity contribution >= 4 is 30.6 Å². The van der Waals surface area contributed by atoms with E-state index in [1.54, 1.807) is 23.3 Å². The Kier molecular flexibility index (Phi) is 12.0. The number of hydrogen-bond acceptors (Lipinski definition) is 1. The number of fused-ring (bicyclic) bond motifs is 2. The zero-order valence-corrected chi connectivity index (χ0v) is 25.8. The van der Waals surface area contributed by atoms with Crippen molar-refractivity contribution in [1.29, 1.82) is 0 Å². The Morgan fingerprint density at radius 1 is 1.00 bits per heavy atom. The third-order valence-corrected chi connectivity index (χ3v) is 6.23. The maximum atomic E-state index is 6.35. The molecule has 0 amide bonds. The topological polar surface area (TPSA) is 9.23 Å². The molecular weight excluding hydrogens is 547 g/mol. The van der Waals surface area contributed by atoms with Crippen LogP contribution in [0, 0.1) is 0 Å². The van der Waals surface area contributed by atoms with Crippen LogP contribution < -0.4 is 24.8 Å². The Morgan fingerprint density at radius 2 is 1.59 bits per heavy atom. The van der Waals surface area contributed by atoms with Crippen LogP contribution in [0.2, 0.25) is 32.7 Å². The molecule has 3 aromatic carbocycles. The molecule has 0 aliphatic heterocycles. The Morgan fingerprint density at radius 3 is 2.25 bits per heavy atom. The molecule has 0 spiro atoms. The van der Waals surface area contributed by atoms with Gasteiger partial charge in [0, 0.05) is 6.10 Å². The summed E-state index contributed by atoms with van der Waals surface area (Å²) in [4.78, 5) is 0. The van der Waals surface area contributed by atoms with Crippen LogP contribution in [0.3, 0.4) is 0 Å². The van der Waals surface area contributed by atoms with Crippen LogP contribution in [0.1, 0.15) is 36.0 Å².